The summed E-state index contributed by atoms with van der Waals surface area (Å²) in [5.41, 5.74) is 0.873. The maximum Gasteiger partial charge on any atom is 0.269 e. The number of rotatable bonds is 4. The second-order valence-corrected chi connectivity index (χ2v) is 4.43. The van der Waals surface area contributed by atoms with Gasteiger partial charge in [0, 0.05) is 18.1 Å². The highest BCUT2D eigenvalue weighted by atomic mass is 16.6. The average Bonchev–Trinajstić information content (AvgIpc) is 2.35. The predicted molar refractivity (Wildman–Crippen MR) is 69.4 cm³/mol. The molecular formula is C12H14N4O3. The standard InChI is InChI=1S/C12H14N4O3/c13-15-7-14-12(17)11-5-4-10(11)8-2-1-3-9(6-8)16(18)19/h1-3,6-7,10-11H,4-5,13H2,(H,14,15,17). The number of hydrazone groups is 1. The normalized spacial score (nSPS) is 21.9. The molecule has 1 aliphatic rings. The molecule has 0 spiro atoms. The molecule has 0 radical (unpaired) electrons. The van der Waals surface area contributed by atoms with Crippen LogP contribution in [0.15, 0.2) is 29.4 Å². The molecule has 1 saturated carbocycles. The smallest absolute Gasteiger partial charge is 0.269 e. The summed E-state index contributed by atoms with van der Waals surface area (Å²) in [6, 6.07) is 6.43. The molecule has 2 unspecified atom stereocenters. The van der Waals surface area contributed by atoms with Crippen LogP contribution in [-0.4, -0.2) is 17.2 Å². The maximum atomic E-state index is 11.8. The summed E-state index contributed by atoms with van der Waals surface area (Å²) < 4.78 is 0. The van der Waals surface area contributed by atoms with Crippen LogP contribution in [0.5, 0.6) is 0 Å². The van der Waals surface area contributed by atoms with Crippen molar-refractivity contribution < 1.29 is 9.72 Å². The quantitative estimate of drug-likeness (QED) is 0.278. The van der Waals surface area contributed by atoms with Gasteiger partial charge in [-0.2, -0.15) is 5.10 Å². The highest BCUT2D eigenvalue weighted by Crippen LogP contribution is 2.43. The Kier molecular flexibility index (Phi) is 3.74. The second kappa shape index (κ2) is 5.47. The van der Waals surface area contributed by atoms with Crippen LogP contribution in [-0.2, 0) is 4.79 Å². The number of amides is 1. The Hall–Kier alpha value is -2.44. The number of hydrogen-bond donors (Lipinski definition) is 2. The zero-order chi connectivity index (χ0) is 13.8. The Morgan fingerprint density at radius 2 is 2.32 bits per heavy atom. The topological polar surface area (TPSA) is 111 Å². The Balaban J connectivity index is 2.12. The zero-order valence-electron chi connectivity index (χ0n) is 10.2. The van der Waals surface area contributed by atoms with Crippen molar-refractivity contribution in [2.45, 2.75) is 18.8 Å². The molecular weight excluding hydrogens is 248 g/mol. The van der Waals surface area contributed by atoms with E-state index in [2.05, 4.69) is 10.4 Å². The fourth-order valence-corrected chi connectivity index (χ4v) is 2.29. The van der Waals surface area contributed by atoms with Crippen molar-refractivity contribution in [3.05, 3.63) is 39.9 Å². The Bertz CT molecular complexity index is 529. The van der Waals surface area contributed by atoms with E-state index < -0.39 is 4.92 Å². The molecule has 7 heteroatoms. The van der Waals surface area contributed by atoms with E-state index in [1.807, 2.05) is 6.07 Å². The lowest BCUT2D eigenvalue weighted by Gasteiger charge is -2.35. The van der Waals surface area contributed by atoms with E-state index in [1.54, 1.807) is 6.07 Å². The lowest BCUT2D eigenvalue weighted by molar-refractivity contribution is -0.384. The van der Waals surface area contributed by atoms with Crippen LogP contribution < -0.4 is 11.2 Å². The van der Waals surface area contributed by atoms with Gasteiger partial charge in [-0.25, -0.2) is 0 Å². The first-order valence-corrected chi connectivity index (χ1v) is 5.90. The molecule has 1 aliphatic carbocycles. The van der Waals surface area contributed by atoms with Gasteiger partial charge in [0.25, 0.3) is 5.69 Å². The van der Waals surface area contributed by atoms with Crippen molar-refractivity contribution in [3.63, 3.8) is 0 Å². The highest BCUT2D eigenvalue weighted by Gasteiger charge is 2.37. The largest absolute Gasteiger partial charge is 0.322 e. The van der Waals surface area contributed by atoms with Crippen molar-refractivity contribution in [1.82, 2.24) is 5.32 Å². The third kappa shape index (κ3) is 2.70. The van der Waals surface area contributed by atoms with E-state index in [9.17, 15) is 14.9 Å². The van der Waals surface area contributed by atoms with Gasteiger partial charge < -0.3 is 11.2 Å². The number of nitrogens with one attached hydrogen (secondary N) is 1. The molecule has 100 valence electrons. The van der Waals surface area contributed by atoms with Crippen molar-refractivity contribution >= 4 is 17.9 Å². The summed E-state index contributed by atoms with van der Waals surface area (Å²) in [7, 11) is 0. The van der Waals surface area contributed by atoms with Crippen LogP contribution in [0.4, 0.5) is 5.69 Å². The summed E-state index contributed by atoms with van der Waals surface area (Å²) in [6.07, 6.45) is 2.75. The zero-order valence-corrected chi connectivity index (χ0v) is 10.2. The van der Waals surface area contributed by atoms with Crippen molar-refractivity contribution in [2.24, 2.45) is 16.9 Å². The number of nitrogens with zero attached hydrogens (tertiary/aromatic N) is 2. The molecule has 0 bridgehead atoms. The molecule has 1 aromatic rings. The van der Waals surface area contributed by atoms with Crippen LogP contribution >= 0.6 is 0 Å². The highest BCUT2D eigenvalue weighted by molar-refractivity contribution is 5.90. The molecule has 0 heterocycles. The molecule has 1 aromatic carbocycles. The van der Waals surface area contributed by atoms with Crippen LogP contribution in [0.1, 0.15) is 24.3 Å². The number of nitro benzene ring substituents is 1. The number of benzene rings is 1. The minimum Gasteiger partial charge on any atom is -0.322 e. The van der Waals surface area contributed by atoms with Crippen molar-refractivity contribution in [1.29, 1.82) is 0 Å². The van der Waals surface area contributed by atoms with Gasteiger partial charge >= 0.3 is 0 Å². The molecule has 1 amide bonds. The van der Waals surface area contributed by atoms with Gasteiger partial charge in [-0.05, 0) is 24.3 Å². The molecule has 3 N–H and O–H groups in total. The lowest BCUT2D eigenvalue weighted by Crippen LogP contribution is -2.39. The Morgan fingerprint density at radius 3 is 2.89 bits per heavy atom. The minimum absolute atomic E-state index is 0.0195. The van der Waals surface area contributed by atoms with E-state index >= 15 is 0 Å². The van der Waals surface area contributed by atoms with E-state index in [0.29, 0.717) is 0 Å². The first-order chi connectivity index (χ1) is 9.13. The number of nitrogens with two attached hydrogens (primary N) is 1. The molecule has 0 aromatic heterocycles. The van der Waals surface area contributed by atoms with E-state index in [4.69, 9.17) is 5.84 Å². The summed E-state index contributed by atoms with van der Waals surface area (Å²) in [6.45, 7) is 0. The maximum absolute atomic E-state index is 11.8. The van der Waals surface area contributed by atoms with Gasteiger partial charge in [0.05, 0.1) is 4.92 Å². The third-order valence-electron chi connectivity index (χ3n) is 3.40. The second-order valence-electron chi connectivity index (χ2n) is 4.43. The fraction of sp³-hybridized carbons (Fsp3) is 0.333. The third-order valence-corrected chi connectivity index (χ3v) is 3.40. The number of non-ortho nitro benzene ring substituents is 1. The van der Waals surface area contributed by atoms with Crippen molar-refractivity contribution in [3.8, 4) is 0 Å². The van der Waals surface area contributed by atoms with Crippen LogP contribution in [0.3, 0.4) is 0 Å². The van der Waals surface area contributed by atoms with Crippen LogP contribution in [0.25, 0.3) is 0 Å². The SMILES string of the molecule is N/N=C/NC(=O)C1CCC1c1cccc([N+](=O)[O-])c1. The Labute approximate surface area is 109 Å². The van der Waals surface area contributed by atoms with Gasteiger partial charge in [-0.15, -0.1) is 0 Å². The molecule has 1 fully saturated rings. The molecule has 0 saturated heterocycles. The van der Waals surface area contributed by atoms with Gasteiger partial charge in [-0.1, -0.05) is 12.1 Å². The molecule has 19 heavy (non-hydrogen) atoms. The molecule has 7 nitrogen and oxygen atoms in total. The summed E-state index contributed by atoms with van der Waals surface area (Å²) in [5, 5.41) is 16.4. The summed E-state index contributed by atoms with van der Waals surface area (Å²) in [4.78, 5) is 22.1. The van der Waals surface area contributed by atoms with Gasteiger partial charge in [-0.3, -0.25) is 14.9 Å². The van der Waals surface area contributed by atoms with Gasteiger partial charge in [0.1, 0.15) is 6.34 Å². The molecule has 2 rings (SSSR count). The van der Waals surface area contributed by atoms with Crippen LogP contribution in [0, 0.1) is 16.0 Å². The van der Waals surface area contributed by atoms with E-state index in [1.165, 1.54) is 12.1 Å². The number of hydrogen-bond acceptors (Lipinski definition) is 5. The van der Waals surface area contributed by atoms with Gasteiger partial charge in [0.2, 0.25) is 5.91 Å². The summed E-state index contributed by atoms with van der Waals surface area (Å²) in [5.74, 6) is 4.60. The Morgan fingerprint density at radius 1 is 1.53 bits per heavy atom. The monoisotopic (exact) mass is 262 g/mol. The van der Waals surface area contributed by atoms with Crippen molar-refractivity contribution in [2.75, 3.05) is 0 Å². The lowest BCUT2D eigenvalue weighted by atomic mass is 9.69. The number of nitro groups is 1. The summed E-state index contributed by atoms with van der Waals surface area (Å²) >= 11 is 0. The molecule has 2 atom stereocenters. The first kappa shape index (κ1) is 13.0. The average molecular weight is 262 g/mol. The van der Waals surface area contributed by atoms with Gasteiger partial charge in [0.15, 0.2) is 0 Å². The number of carbonyl (C=O) groups is 1. The minimum atomic E-state index is -0.432. The first-order valence-electron chi connectivity index (χ1n) is 5.90. The molecule has 0 aliphatic heterocycles. The van der Waals surface area contributed by atoms with E-state index in [-0.39, 0.29) is 23.4 Å². The predicted octanol–water partition coefficient (Wildman–Crippen LogP) is 1.11. The fourth-order valence-electron chi connectivity index (χ4n) is 2.29. The van der Waals surface area contributed by atoms with Crippen LogP contribution in [0.2, 0.25) is 0 Å². The van der Waals surface area contributed by atoms with E-state index in [0.717, 1.165) is 24.7 Å². The number of carbonyl (C=O) groups excluding carboxylic acids is 1.